The first kappa shape index (κ1) is 25.2. The van der Waals surface area contributed by atoms with Crippen molar-refractivity contribution < 1.29 is 14.3 Å². The molecule has 4 rings (SSSR count). The average Bonchev–Trinajstić information content (AvgIpc) is 3.60. The van der Waals surface area contributed by atoms with Crippen molar-refractivity contribution in [2.75, 3.05) is 18.2 Å². The second-order valence-electron chi connectivity index (χ2n) is 7.99. The highest BCUT2D eigenvalue weighted by Crippen LogP contribution is 2.36. The average molecular weight is 527 g/mol. The molecule has 0 unspecified atom stereocenters. The van der Waals surface area contributed by atoms with E-state index in [4.69, 9.17) is 4.74 Å². The van der Waals surface area contributed by atoms with Gasteiger partial charge in [0, 0.05) is 33.3 Å². The van der Waals surface area contributed by atoms with Gasteiger partial charge in [0.1, 0.15) is 10.6 Å². The van der Waals surface area contributed by atoms with Gasteiger partial charge in [-0.2, -0.15) is 0 Å². The molecule has 0 bridgehead atoms. The van der Waals surface area contributed by atoms with E-state index in [1.165, 1.54) is 35.1 Å². The molecule has 0 aliphatic heterocycles. The summed E-state index contributed by atoms with van der Waals surface area (Å²) in [6.45, 7) is 7.06. The van der Waals surface area contributed by atoms with Crippen LogP contribution in [0.5, 0.6) is 0 Å². The molecule has 0 radical (unpaired) electrons. The summed E-state index contributed by atoms with van der Waals surface area (Å²) in [4.78, 5) is 26.6. The molecule has 4 aromatic rings. The van der Waals surface area contributed by atoms with Crippen molar-refractivity contribution >= 4 is 51.3 Å². The predicted octanol–water partition coefficient (Wildman–Crippen LogP) is 6.40. The van der Waals surface area contributed by atoms with Crippen molar-refractivity contribution in [3.05, 3.63) is 57.6 Å². The van der Waals surface area contributed by atoms with Crippen LogP contribution in [0.4, 0.5) is 5.00 Å². The summed E-state index contributed by atoms with van der Waals surface area (Å²) in [5.74, 6) is 0.681. The highest BCUT2D eigenvalue weighted by atomic mass is 32.2. The minimum Gasteiger partial charge on any atom is -0.465 e. The molecule has 0 aliphatic rings. The van der Waals surface area contributed by atoms with Gasteiger partial charge in [-0.3, -0.25) is 4.79 Å². The van der Waals surface area contributed by atoms with Crippen LogP contribution in [-0.2, 0) is 16.1 Å². The van der Waals surface area contributed by atoms with E-state index in [0.29, 0.717) is 28.2 Å². The summed E-state index contributed by atoms with van der Waals surface area (Å²) in [6, 6.07) is 11.7. The van der Waals surface area contributed by atoms with Crippen molar-refractivity contribution in [3.8, 4) is 22.5 Å². The molecule has 3 heterocycles. The Morgan fingerprint density at radius 1 is 1.11 bits per heavy atom. The van der Waals surface area contributed by atoms with Gasteiger partial charge in [0.25, 0.3) is 0 Å². The van der Waals surface area contributed by atoms with Crippen LogP contribution in [-0.4, -0.2) is 39.5 Å². The lowest BCUT2D eigenvalue weighted by Gasteiger charge is -2.08. The molecule has 7 nitrogen and oxygen atoms in total. The van der Waals surface area contributed by atoms with Crippen LogP contribution >= 0.6 is 34.4 Å². The molecule has 0 saturated heterocycles. The summed E-state index contributed by atoms with van der Waals surface area (Å²) < 4.78 is 7.01. The Kier molecular flexibility index (Phi) is 8.04. The fraction of sp³-hybridized carbons (Fsp3) is 0.280. The van der Waals surface area contributed by atoms with Gasteiger partial charge in [-0.15, -0.1) is 32.9 Å². The van der Waals surface area contributed by atoms with Crippen molar-refractivity contribution in [1.29, 1.82) is 0 Å². The van der Waals surface area contributed by atoms with E-state index in [1.54, 1.807) is 11.3 Å². The number of esters is 1. The van der Waals surface area contributed by atoms with Gasteiger partial charge in [-0.25, -0.2) is 4.79 Å². The lowest BCUT2D eigenvalue weighted by Crippen LogP contribution is -2.16. The number of aromatic nitrogens is 3. The summed E-state index contributed by atoms with van der Waals surface area (Å²) in [7, 11) is 1.34. The third-order valence-corrected chi connectivity index (χ3v) is 8.43. The molecule has 0 fully saturated rings. The number of nitrogens with zero attached hydrogens (tertiary/aromatic N) is 3. The zero-order valence-electron chi connectivity index (χ0n) is 19.9. The first-order chi connectivity index (χ1) is 16.9. The summed E-state index contributed by atoms with van der Waals surface area (Å²) >= 11 is 4.34. The number of hydrogen-bond donors (Lipinski definition) is 1. The molecule has 10 heteroatoms. The molecule has 0 saturated carbocycles. The molecule has 3 aromatic heterocycles. The molecule has 0 atom stereocenters. The Labute approximate surface area is 216 Å². The smallest absolute Gasteiger partial charge is 0.341 e. The van der Waals surface area contributed by atoms with Gasteiger partial charge >= 0.3 is 5.97 Å². The minimum absolute atomic E-state index is 0.137. The second-order valence-corrected chi connectivity index (χ2v) is 10.8. The van der Waals surface area contributed by atoms with Gasteiger partial charge in [-0.1, -0.05) is 55.9 Å². The van der Waals surface area contributed by atoms with E-state index in [0.717, 1.165) is 22.5 Å². The number of rotatable bonds is 9. The summed E-state index contributed by atoms with van der Waals surface area (Å²) in [5.41, 5.74) is 3.02. The molecular formula is C25H26N4O3S3. The Morgan fingerprint density at radius 3 is 2.54 bits per heavy atom. The number of methoxy groups -OCH3 is 1. The highest BCUT2D eigenvalue weighted by molar-refractivity contribution is 7.99. The second kappa shape index (κ2) is 11.2. The number of nitrogens with one attached hydrogen (secondary N) is 1. The number of amides is 1. The van der Waals surface area contributed by atoms with Gasteiger partial charge in [-0.05, 0) is 24.5 Å². The topological polar surface area (TPSA) is 86.1 Å². The maximum atomic E-state index is 12.8. The standard InChI is InChI=1S/C25H26N4O3S3/c1-5-29-22(17-11-19(15(2)3)33-12-17)27-28-25(29)35-14-20(30)26-23-21(24(31)32-4)18(13-34-23)16-9-7-6-8-10-16/h6-13,15H,5,14H2,1-4H3,(H,26,30). The summed E-state index contributed by atoms with van der Waals surface area (Å²) in [6.07, 6.45) is 0. The van der Waals surface area contributed by atoms with Crippen molar-refractivity contribution in [3.63, 3.8) is 0 Å². The minimum atomic E-state index is -0.486. The fourth-order valence-electron chi connectivity index (χ4n) is 3.54. The predicted molar refractivity (Wildman–Crippen MR) is 144 cm³/mol. The van der Waals surface area contributed by atoms with E-state index < -0.39 is 5.97 Å². The van der Waals surface area contributed by atoms with E-state index in [1.807, 2.05) is 47.2 Å². The highest BCUT2D eigenvalue weighted by Gasteiger charge is 2.23. The van der Waals surface area contributed by atoms with Crippen molar-refractivity contribution in [1.82, 2.24) is 14.8 Å². The maximum Gasteiger partial charge on any atom is 0.341 e. The van der Waals surface area contributed by atoms with E-state index in [9.17, 15) is 9.59 Å². The molecule has 35 heavy (non-hydrogen) atoms. The van der Waals surface area contributed by atoms with Crippen molar-refractivity contribution in [2.24, 2.45) is 0 Å². The number of ether oxygens (including phenoxy) is 1. The van der Waals surface area contributed by atoms with Gasteiger partial charge < -0.3 is 14.6 Å². The fourth-order valence-corrected chi connectivity index (χ4v) is 6.22. The normalized spacial score (nSPS) is 11.1. The van der Waals surface area contributed by atoms with Crippen LogP contribution < -0.4 is 5.32 Å². The first-order valence-electron chi connectivity index (χ1n) is 11.1. The maximum absolute atomic E-state index is 12.8. The molecule has 1 amide bonds. The molecule has 0 spiro atoms. The Balaban J connectivity index is 1.49. The number of thioether (sulfide) groups is 1. The molecule has 182 valence electrons. The Morgan fingerprint density at radius 2 is 1.89 bits per heavy atom. The van der Waals surface area contributed by atoms with Crippen LogP contribution in [0.2, 0.25) is 0 Å². The zero-order valence-corrected chi connectivity index (χ0v) is 22.4. The number of anilines is 1. The van der Waals surface area contributed by atoms with Crippen LogP contribution in [0.1, 0.15) is 41.9 Å². The quantitative estimate of drug-likeness (QED) is 0.201. The molecule has 0 aliphatic carbocycles. The third-order valence-electron chi connectivity index (χ3n) is 5.33. The number of benzene rings is 1. The van der Waals surface area contributed by atoms with Gasteiger partial charge in [0.15, 0.2) is 11.0 Å². The van der Waals surface area contributed by atoms with E-state index in [-0.39, 0.29) is 11.7 Å². The number of hydrogen-bond acceptors (Lipinski definition) is 8. The van der Waals surface area contributed by atoms with Crippen molar-refractivity contribution in [2.45, 2.75) is 38.4 Å². The molecule has 1 aromatic carbocycles. The lowest BCUT2D eigenvalue weighted by molar-refractivity contribution is -0.113. The zero-order chi connectivity index (χ0) is 24.9. The number of carbonyl (C=O) groups excluding carboxylic acids is 2. The van der Waals surface area contributed by atoms with Crippen LogP contribution in [0.25, 0.3) is 22.5 Å². The lowest BCUT2D eigenvalue weighted by atomic mass is 10.0. The van der Waals surface area contributed by atoms with E-state index in [2.05, 4.69) is 40.8 Å². The largest absolute Gasteiger partial charge is 0.465 e. The van der Waals surface area contributed by atoms with Crippen LogP contribution in [0.3, 0.4) is 0 Å². The van der Waals surface area contributed by atoms with Crippen LogP contribution in [0.15, 0.2) is 52.3 Å². The monoisotopic (exact) mass is 526 g/mol. The van der Waals surface area contributed by atoms with Crippen LogP contribution in [0, 0.1) is 0 Å². The summed E-state index contributed by atoms with van der Waals surface area (Å²) in [5, 5.41) is 16.7. The SMILES string of the molecule is CCn1c(SCC(=O)Nc2scc(-c3ccccc3)c2C(=O)OC)nnc1-c1csc(C(C)C)c1. The van der Waals surface area contributed by atoms with E-state index >= 15 is 0 Å². The Hall–Kier alpha value is -2.95. The molecular weight excluding hydrogens is 501 g/mol. The number of thiophene rings is 2. The first-order valence-corrected chi connectivity index (χ1v) is 13.9. The molecule has 1 N–H and O–H groups in total. The van der Waals surface area contributed by atoms with Gasteiger partial charge in [0.2, 0.25) is 5.91 Å². The third kappa shape index (κ3) is 5.50. The Bertz CT molecular complexity index is 1320. The number of carbonyl (C=O) groups is 2. The van der Waals surface area contributed by atoms with Gasteiger partial charge in [0.05, 0.1) is 12.9 Å².